The highest BCUT2D eigenvalue weighted by Gasteiger charge is 2.35. The fourth-order valence-electron chi connectivity index (χ4n) is 3.52. The molecule has 5 heteroatoms. The maximum atomic E-state index is 12.8. The van der Waals surface area contributed by atoms with Gasteiger partial charge in [0, 0.05) is 19.2 Å². The molecule has 1 N–H and O–H groups in total. The largest absolute Gasteiger partial charge is 0.332 e. The monoisotopic (exact) mass is 302 g/mol. The van der Waals surface area contributed by atoms with Crippen molar-refractivity contribution in [3.63, 3.8) is 0 Å². The summed E-state index contributed by atoms with van der Waals surface area (Å²) in [6.07, 6.45) is 0.947. The van der Waals surface area contributed by atoms with Crippen molar-refractivity contribution in [2.45, 2.75) is 26.3 Å². The summed E-state index contributed by atoms with van der Waals surface area (Å²) >= 11 is 0. The van der Waals surface area contributed by atoms with Crippen LogP contribution in [0.5, 0.6) is 0 Å². The topological polar surface area (TPSA) is 45.1 Å². The Hall–Kier alpha value is -1.88. The summed E-state index contributed by atoms with van der Waals surface area (Å²) in [5.41, 5.74) is 2.33. The molecule has 2 heterocycles. The predicted molar refractivity (Wildman–Crippen MR) is 84.9 cm³/mol. The van der Waals surface area contributed by atoms with E-state index in [2.05, 4.69) is 6.07 Å². The first kappa shape index (κ1) is 15.0. The Morgan fingerprint density at radius 1 is 1.14 bits per heavy atom. The third-order valence-corrected chi connectivity index (χ3v) is 4.99. The number of quaternary nitrogens is 1. The number of benzene rings is 1. The number of nitrogens with one attached hydrogen (secondary N) is 1. The van der Waals surface area contributed by atoms with Crippen LogP contribution in [0.4, 0.5) is 5.69 Å². The molecule has 22 heavy (non-hydrogen) atoms. The maximum Gasteiger partial charge on any atom is 0.284 e. The first-order valence-corrected chi connectivity index (χ1v) is 8.07. The minimum atomic E-state index is -0.0553. The number of rotatable bonds is 2. The number of carbonyl (C=O) groups is 2. The van der Waals surface area contributed by atoms with Crippen molar-refractivity contribution in [2.24, 2.45) is 0 Å². The van der Waals surface area contributed by atoms with Crippen molar-refractivity contribution in [1.29, 1.82) is 0 Å². The predicted octanol–water partition coefficient (Wildman–Crippen LogP) is -0.289. The minimum absolute atomic E-state index is 0.0553. The van der Waals surface area contributed by atoms with Crippen molar-refractivity contribution in [3.8, 4) is 0 Å². The van der Waals surface area contributed by atoms with Crippen molar-refractivity contribution in [3.05, 3.63) is 29.8 Å². The van der Waals surface area contributed by atoms with E-state index in [9.17, 15) is 9.59 Å². The van der Waals surface area contributed by atoms with Gasteiger partial charge in [-0.05, 0) is 25.0 Å². The van der Waals surface area contributed by atoms with Crippen LogP contribution in [0.15, 0.2) is 24.3 Å². The van der Waals surface area contributed by atoms with Gasteiger partial charge in [-0.2, -0.15) is 0 Å². The SMILES string of the molecule is CC(=O)N1CC[NH+]([C@H](C)C(=O)N2CCc3ccccc32)CC1. The number of piperazine rings is 1. The molecule has 0 bridgehead atoms. The number of hydrogen-bond acceptors (Lipinski definition) is 2. The van der Waals surface area contributed by atoms with Gasteiger partial charge < -0.3 is 14.7 Å². The minimum Gasteiger partial charge on any atom is -0.332 e. The van der Waals surface area contributed by atoms with Crippen LogP contribution in [-0.4, -0.2) is 55.5 Å². The van der Waals surface area contributed by atoms with Gasteiger partial charge in [0.2, 0.25) is 5.91 Å². The molecule has 0 radical (unpaired) electrons. The maximum absolute atomic E-state index is 12.8. The zero-order valence-electron chi connectivity index (χ0n) is 13.3. The molecule has 1 fully saturated rings. The summed E-state index contributed by atoms with van der Waals surface area (Å²) in [6.45, 7) is 7.61. The van der Waals surface area contributed by atoms with Crippen LogP contribution in [0.25, 0.3) is 0 Å². The summed E-state index contributed by atoms with van der Waals surface area (Å²) in [6, 6.07) is 8.11. The fourth-order valence-corrected chi connectivity index (χ4v) is 3.52. The molecule has 5 nitrogen and oxygen atoms in total. The van der Waals surface area contributed by atoms with E-state index < -0.39 is 0 Å². The molecule has 118 valence electrons. The van der Waals surface area contributed by atoms with E-state index in [1.54, 1.807) is 6.92 Å². The van der Waals surface area contributed by atoms with Gasteiger partial charge in [-0.25, -0.2) is 0 Å². The molecular formula is C17H24N3O2+. The normalized spacial score (nSPS) is 19.9. The van der Waals surface area contributed by atoms with Gasteiger partial charge in [0.25, 0.3) is 5.91 Å². The summed E-state index contributed by atoms with van der Waals surface area (Å²) < 4.78 is 0. The summed E-state index contributed by atoms with van der Waals surface area (Å²) in [5.74, 6) is 0.336. The Kier molecular flexibility index (Phi) is 4.16. The molecule has 2 aliphatic heterocycles. The number of anilines is 1. The third kappa shape index (κ3) is 2.73. The molecule has 0 saturated carbocycles. The lowest BCUT2D eigenvalue weighted by Crippen LogP contribution is -3.19. The highest BCUT2D eigenvalue weighted by atomic mass is 16.2. The van der Waals surface area contributed by atoms with Crippen LogP contribution in [-0.2, 0) is 16.0 Å². The lowest BCUT2D eigenvalue weighted by Gasteiger charge is -2.35. The van der Waals surface area contributed by atoms with Gasteiger partial charge in [0.1, 0.15) is 0 Å². The lowest BCUT2D eigenvalue weighted by atomic mass is 10.1. The van der Waals surface area contributed by atoms with E-state index in [4.69, 9.17) is 0 Å². The second-order valence-corrected chi connectivity index (χ2v) is 6.25. The quantitative estimate of drug-likeness (QED) is 0.816. The van der Waals surface area contributed by atoms with E-state index in [-0.39, 0.29) is 17.9 Å². The first-order chi connectivity index (χ1) is 10.6. The van der Waals surface area contributed by atoms with Crippen molar-refractivity contribution >= 4 is 17.5 Å². The third-order valence-electron chi connectivity index (χ3n) is 4.99. The lowest BCUT2D eigenvalue weighted by molar-refractivity contribution is -0.917. The number of nitrogens with zero attached hydrogens (tertiary/aromatic N) is 2. The molecule has 0 unspecified atom stereocenters. The smallest absolute Gasteiger partial charge is 0.284 e. The zero-order valence-corrected chi connectivity index (χ0v) is 13.3. The number of hydrogen-bond donors (Lipinski definition) is 1. The van der Waals surface area contributed by atoms with Crippen LogP contribution < -0.4 is 9.80 Å². The van der Waals surface area contributed by atoms with Gasteiger partial charge >= 0.3 is 0 Å². The molecule has 0 aromatic heterocycles. The number of carbonyl (C=O) groups excluding carboxylic acids is 2. The van der Waals surface area contributed by atoms with Gasteiger partial charge in [0.05, 0.1) is 26.2 Å². The molecule has 3 rings (SSSR count). The van der Waals surface area contributed by atoms with Gasteiger partial charge in [-0.1, -0.05) is 18.2 Å². The van der Waals surface area contributed by atoms with Crippen LogP contribution >= 0.6 is 0 Å². The van der Waals surface area contributed by atoms with Crippen LogP contribution in [0.2, 0.25) is 0 Å². The number of amides is 2. The molecule has 1 aromatic rings. The molecular weight excluding hydrogens is 278 g/mol. The molecule has 0 aliphatic carbocycles. The number of fused-ring (bicyclic) bond motifs is 1. The second kappa shape index (κ2) is 6.08. The van der Waals surface area contributed by atoms with E-state index in [1.165, 1.54) is 10.5 Å². The highest BCUT2D eigenvalue weighted by Crippen LogP contribution is 2.27. The van der Waals surface area contributed by atoms with E-state index in [0.29, 0.717) is 0 Å². The van der Waals surface area contributed by atoms with Crippen LogP contribution in [0.1, 0.15) is 19.4 Å². The Bertz CT molecular complexity index is 579. The first-order valence-electron chi connectivity index (χ1n) is 8.07. The summed E-state index contributed by atoms with van der Waals surface area (Å²) in [5, 5.41) is 0. The van der Waals surface area contributed by atoms with Crippen LogP contribution in [0.3, 0.4) is 0 Å². The molecule has 1 atom stereocenters. The van der Waals surface area contributed by atoms with E-state index in [1.807, 2.05) is 34.9 Å². The highest BCUT2D eigenvalue weighted by molar-refractivity contribution is 5.97. The standard InChI is InChI=1S/C17H23N3O2/c1-13(18-9-11-19(12-10-18)14(2)21)17(22)20-8-7-15-5-3-4-6-16(15)20/h3-6,13H,7-12H2,1-2H3/p+1/t13-/m1/s1. The van der Waals surface area contributed by atoms with E-state index in [0.717, 1.165) is 44.8 Å². The number of para-hydroxylation sites is 1. The molecule has 1 aromatic carbocycles. The molecule has 2 aliphatic rings. The summed E-state index contributed by atoms with van der Waals surface area (Å²) in [4.78, 5) is 29.3. The van der Waals surface area contributed by atoms with Crippen molar-refractivity contribution < 1.29 is 14.5 Å². The van der Waals surface area contributed by atoms with Gasteiger partial charge in [-0.15, -0.1) is 0 Å². The van der Waals surface area contributed by atoms with Gasteiger partial charge in [0.15, 0.2) is 6.04 Å². The summed E-state index contributed by atoms with van der Waals surface area (Å²) in [7, 11) is 0. The van der Waals surface area contributed by atoms with Gasteiger partial charge in [-0.3, -0.25) is 9.59 Å². The average Bonchev–Trinajstić information content (AvgIpc) is 2.97. The zero-order chi connectivity index (χ0) is 15.7. The van der Waals surface area contributed by atoms with E-state index >= 15 is 0 Å². The Morgan fingerprint density at radius 3 is 2.50 bits per heavy atom. The molecule has 1 saturated heterocycles. The average molecular weight is 302 g/mol. The Labute approximate surface area is 131 Å². The Morgan fingerprint density at radius 2 is 1.82 bits per heavy atom. The van der Waals surface area contributed by atoms with Crippen molar-refractivity contribution in [1.82, 2.24) is 4.90 Å². The fraction of sp³-hybridized carbons (Fsp3) is 0.529. The van der Waals surface area contributed by atoms with Crippen LogP contribution in [0, 0.1) is 0 Å². The molecule has 0 spiro atoms. The molecule has 2 amide bonds. The van der Waals surface area contributed by atoms with Crippen molar-refractivity contribution in [2.75, 3.05) is 37.6 Å². The second-order valence-electron chi connectivity index (χ2n) is 6.25. The Balaban J connectivity index is 1.65.